The summed E-state index contributed by atoms with van der Waals surface area (Å²) in [5.74, 6) is -0.514. The first-order valence-corrected chi connectivity index (χ1v) is 11.9. The number of pyridine rings is 2. The van der Waals surface area contributed by atoms with Gasteiger partial charge in [-0.15, -0.1) is 0 Å². The molecule has 5 rings (SSSR count). The van der Waals surface area contributed by atoms with Crippen LogP contribution < -0.4 is 10.2 Å². The number of anilines is 2. The van der Waals surface area contributed by atoms with E-state index in [4.69, 9.17) is 9.72 Å². The molecule has 8 nitrogen and oxygen atoms in total. The molecule has 0 atom stereocenters. The fraction of sp³-hybridized carbons (Fsp3) is 0.214. The number of para-hydroxylation sites is 1. The molecular weight excluding hydrogens is 454 g/mol. The minimum atomic E-state index is -0.266. The maximum atomic E-state index is 13.4. The Morgan fingerprint density at radius 2 is 1.72 bits per heavy atom. The van der Waals surface area contributed by atoms with Crippen molar-refractivity contribution >= 4 is 34.1 Å². The summed E-state index contributed by atoms with van der Waals surface area (Å²) in [6.45, 7) is 3.06. The number of nitrogens with zero attached hydrogens (tertiary/aromatic N) is 4. The molecule has 1 aliphatic rings. The average molecular weight is 482 g/mol. The minimum absolute atomic E-state index is 0.0781. The van der Waals surface area contributed by atoms with Gasteiger partial charge in [0.25, 0.3) is 5.91 Å². The van der Waals surface area contributed by atoms with Crippen molar-refractivity contribution in [3.63, 3.8) is 0 Å². The number of morpholine rings is 1. The van der Waals surface area contributed by atoms with Crippen LogP contribution in [0.15, 0.2) is 79.1 Å². The van der Waals surface area contributed by atoms with E-state index >= 15 is 0 Å². The lowest BCUT2D eigenvalue weighted by Crippen LogP contribution is -2.36. The van der Waals surface area contributed by atoms with Gasteiger partial charge in [-0.1, -0.05) is 18.2 Å². The third-order valence-electron chi connectivity index (χ3n) is 6.18. The summed E-state index contributed by atoms with van der Waals surface area (Å²) in [5, 5.41) is 3.63. The standard InChI is InChI=1S/C28H27N5O3/c1-32(19-27(34)30-21-6-8-22(9-7-21)33-14-16-36-17-15-33)28(35)24-18-26(20-10-12-29-13-11-20)31-25-5-3-2-4-23(24)25/h2-13,18H,14-17,19H2,1H3,(H,30,34). The highest BCUT2D eigenvalue weighted by Gasteiger charge is 2.20. The van der Waals surface area contributed by atoms with Gasteiger partial charge in [0.1, 0.15) is 0 Å². The molecule has 0 unspecified atom stereocenters. The molecule has 36 heavy (non-hydrogen) atoms. The number of aromatic nitrogens is 2. The number of benzene rings is 2. The van der Waals surface area contributed by atoms with E-state index < -0.39 is 0 Å². The molecule has 1 N–H and O–H groups in total. The molecule has 2 amide bonds. The van der Waals surface area contributed by atoms with E-state index in [0.29, 0.717) is 22.5 Å². The maximum Gasteiger partial charge on any atom is 0.254 e. The second-order valence-electron chi connectivity index (χ2n) is 8.66. The molecule has 0 bridgehead atoms. The molecule has 0 radical (unpaired) electrons. The van der Waals surface area contributed by atoms with Gasteiger partial charge in [0.15, 0.2) is 0 Å². The Morgan fingerprint density at radius 1 is 1.00 bits per heavy atom. The van der Waals surface area contributed by atoms with E-state index in [9.17, 15) is 9.59 Å². The molecule has 2 aromatic heterocycles. The van der Waals surface area contributed by atoms with Crippen LogP contribution in [-0.2, 0) is 9.53 Å². The molecule has 2 aromatic carbocycles. The maximum absolute atomic E-state index is 13.4. The number of likely N-dealkylation sites (N-methyl/N-ethyl adjacent to an activating group) is 1. The quantitative estimate of drug-likeness (QED) is 0.450. The predicted octanol–water partition coefficient (Wildman–Crippen LogP) is 3.84. The summed E-state index contributed by atoms with van der Waals surface area (Å²) in [6.07, 6.45) is 3.38. The number of amides is 2. The second-order valence-corrected chi connectivity index (χ2v) is 8.66. The summed E-state index contributed by atoms with van der Waals surface area (Å²) in [6, 6.07) is 20.7. The molecule has 0 saturated carbocycles. The van der Waals surface area contributed by atoms with Gasteiger partial charge >= 0.3 is 0 Å². The van der Waals surface area contributed by atoms with Crippen molar-refractivity contribution in [1.82, 2.24) is 14.9 Å². The van der Waals surface area contributed by atoms with Crippen LogP contribution in [0.25, 0.3) is 22.2 Å². The second kappa shape index (κ2) is 10.5. The Balaban J connectivity index is 1.30. The van der Waals surface area contributed by atoms with Crippen LogP contribution in [0.1, 0.15) is 10.4 Å². The summed E-state index contributed by atoms with van der Waals surface area (Å²) >= 11 is 0. The first-order chi connectivity index (χ1) is 17.6. The van der Waals surface area contributed by atoms with E-state index in [0.717, 1.165) is 42.9 Å². The first kappa shape index (κ1) is 23.4. The number of nitrogens with one attached hydrogen (secondary N) is 1. The largest absolute Gasteiger partial charge is 0.378 e. The zero-order chi connectivity index (χ0) is 24.9. The Bertz CT molecular complexity index is 1370. The number of ether oxygens (including phenoxy) is 1. The molecule has 182 valence electrons. The normalized spacial score (nSPS) is 13.4. The number of hydrogen-bond acceptors (Lipinski definition) is 6. The summed E-state index contributed by atoms with van der Waals surface area (Å²) in [7, 11) is 1.63. The van der Waals surface area contributed by atoms with Crippen molar-refractivity contribution in [1.29, 1.82) is 0 Å². The first-order valence-electron chi connectivity index (χ1n) is 11.9. The monoisotopic (exact) mass is 481 g/mol. The number of carbonyl (C=O) groups excluding carboxylic acids is 2. The van der Waals surface area contributed by atoms with E-state index in [1.165, 1.54) is 4.90 Å². The smallest absolute Gasteiger partial charge is 0.254 e. The van der Waals surface area contributed by atoms with Crippen molar-refractivity contribution in [2.45, 2.75) is 0 Å². The van der Waals surface area contributed by atoms with Gasteiger partial charge in [-0.2, -0.15) is 0 Å². The van der Waals surface area contributed by atoms with Gasteiger partial charge in [-0.25, -0.2) is 4.98 Å². The summed E-state index contributed by atoms with van der Waals surface area (Å²) in [5.41, 5.74) is 4.54. The van der Waals surface area contributed by atoms with Crippen molar-refractivity contribution in [3.05, 3.63) is 84.7 Å². The molecule has 4 aromatic rings. The number of carbonyl (C=O) groups is 2. The lowest BCUT2D eigenvalue weighted by molar-refractivity contribution is -0.116. The number of hydrogen-bond donors (Lipinski definition) is 1. The molecule has 0 spiro atoms. The highest BCUT2D eigenvalue weighted by Crippen LogP contribution is 2.25. The van der Waals surface area contributed by atoms with Gasteiger partial charge in [0, 0.05) is 54.9 Å². The molecule has 1 saturated heterocycles. The molecule has 0 aliphatic carbocycles. The summed E-state index contributed by atoms with van der Waals surface area (Å²) in [4.78, 5) is 38.6. The van der Waals surface area contributed by atoms with Crippen molar-refractivity contribution in [3.8, 4) is 11.3 Å². The van der Waals surface area contributed by atoms with E-state index in [1.54, 1.807) is 25.5 Å². The van der Waals surface area contributed by atoms with E-state index in [1.807, 2.05) is 60.7 Å². The molecule has 1 fully saturated rings. The van der Waals surface area contributed by atoms with Crippen LogP contribution in [0.5, 0.6) is 0 Å². The number of rotatable bonds is 6. The lowest BCUT2D eigenvalue weighted by atomic mass is 10.0. The van der Waals surface area contributed by atoms with Crippen LogP contribution in [0.4, 0.5) is 11.4 Å². The average Bonchev–Trinajstić information content (AvgIpc) is 2.93. The van der Waals surface area contributed by atoms with Crippen LogP contribution in [0, 0.1) is 0 Å². The third-order valence-corrected chi connectivity index (χ3v) is 6.18. The van der Waals surface area contributed by atoms with E-state index in [2.05, 4.69) is 15.2 Å². The summed E-state index contributed by atoms with van der Waals surface area (Å²) < 4.78 is 5.40. The zero-order valence-corrected chi connectivity index (χ0v) is 20.1. The predicted molar refractivity (Wildman–Crippen MR) is 140 cm³/mol. The Hall–Kier alpha value is -4.30. The van der Waals surface area contributed by atoms with Crippen molar-refractivity contribution in [2.75, 3.05) is 50.1 Å². The Morgan fingerprint density at radius 3 is 2.47 bits per heavy atom. The zero-order valence-electron chi connectivity index (χ0n) is 20.1. The highest BCUT2D eigenvalue weighted by atomic mass is 16.5. The van der Waals surface area contributed by atoms with Crippen LogP contribution in [0.2, 0.25) is 0 Å². The third kappa shape index (κ3) is 5.18. The minimum Gasteiger partial charge on any atom is -0.378 e. The molecule has 8 heteroatoms. The van der Waals surface area contributed by atoms with E-state index in [-0.39, 0.29) is 18.4 Å². The topological polar surface area (TPSA) is 87.7 Å². The van der Waals surface area contributed by atoms with Crippen LogP contribution in [-0.4, -0.2) is 66.6 Å². The van der Waals surface area contributed by atoms with Crippen molar-refractivity contribution < 1.29 is 14.3 Å². The van der Waals surface area contributed by atoms with Gasteiger partial charge in [0.05, 0.1) is 36.5 Å². The highest BCUT2D eigenvalue weighted by molar-refractivity contribution is 6.08. The fourth-order valence-corrected chi connectivity index (χ4v) is 4.29. The number of fused-ring (bicyclic) bond motifs is 1. The Labute approximate surface area is 209 Å². The van der Waals surface area contributed by atoms with Gasteiger partial charge < -0.3 is 19.9 Å². The molecule has 1 aliphatic heterocycles. The Kier molecular flexibility index (Phi) is 6.86. The SMILES string of the molecule is CN(CC(=O)Nc1ccc(N2CCOCC2)cc1)C(=O)c1cc(-c2ccncc2)nc2ccccc12. The van der Waals surface area contributed by atoms with Crippen molar-refractivity contribution in [2.24, 2.45) is 0 Å². The molecular formula is C28H27N5O3. The fourth-order valence-electron chi connectivity index (χ4n) is 4.29. The van der Waals surface area contributed by atoms with Crippen LogP contribution >= 0.6 is 0 Å². The van der Waals surface area contributed by atoms with Crippen LogP contribution in [0.3, 0.4) is 0 Å². The molecule has 3 heterocycles. The van der Waals surface area contributed by atoms with Gasteiger partial charge in [0.2, 0.25) is 5.91 Å². The van der Waals surface area contributed by atoms with Gasteiger partial charge in [-0.3, -0.25) is 14.6 Å². The lowest BCUT2D eigenvalue weighted by Gasteiger charge is -2.28. The van der Waals surface area contributed by atoms with Gasteiger partial charge in [-0.05, 0) is 48.5 Å².